The van der Waals surface area contributed by atoms with Gasteiger partial charge in [-0.05, 0) is 47.5 Å². The largest absolute Gasteiger partial charge is 0.481 e. The number of carbonyl (C=O) groups is 2. The molecule has 0 aliphatic rings. The molecule has 0 saturated carbocycles. The Morgan fingerprint density at radius 2 is 1.52 bits per heavy atom. The number of carbonyl (C=O) groups excluding carboxylic acids is 1. The van der Waals surface area contributed by atoms with Crippen molar-refractivity contribution in [3.63, 3.8) is 0 Å². The smallest absolute Gasteiger partial charge is 0.409 e. The van der Waals surface area contributed by atoms with E-state index in [-0.39, 0.29) is 18.1 Å². The van der Waals surface area contributed by atoms with Crippen molar-refractivity contribution < 1.29 is 24.5 Å². The van der Waals surface area contributed by atoms with Gasteiger partial charge in [-0.25, -0.2) is 4.79 Å². The molecule has 0 atom stereocenters. The van der Waals surface area contributed by atoms with Gasteiger partial charge >= 0.3 is 12.1 Å². The summed E-state index contributed by atoms with van der Waals surface area (Å²) in [6, 6.07) is 0. The summed E-state index contributed by atoms with van der Waals surface area (Å²) in [7, 11) is 3.32. The first kappa shape index (κ1) is 22.0. The summed E-state index contributed by atoms with van der Waals surface area (Å²) in [5.41, 5.74) is -1.04. The number of rotatable bonds is 5. The second-order valence-corrected chi connectivity index (χ2v) is 6.79. The van der Waals surface area contributed by atoms with Crippen LogP contribution < -0.4 is 0 Å². The third-order valence-corrected chi connectivity index (χ3v) is 2.19. The molecule has 0 aliphatic carbocycles. The van der Waals surface area contributed by atoms with Crippen molar-refractivity contribution in [3.8, 4) is 0 Å². The van der Waals surface area contributed by atoms with Crippen molar-refractivity contribution in [2.24, 2.45) is 0 Å². The predicted molar refractivity (Wildman–Crippen MR) is 82.3 cm³/mol. The standard InChI is InChI=1S/C8H16O3.C7H15NO2/c1-8(2,11)6-4-3-5-7(9)10;1-7(2,3)10-6(9)8(4)5/h11H,3-6H2,1-2H3,(H,9,10);1-5H3. The summed E-state index contributed by atoms with van der Waals surface area (Å²) in [5, 5.41) is 17.5. The number of nitrogens with zero attached hydrogens (tertiary/aromatic N) is 1. The lowest BCUT2D eigenvalue weighted by Gasteiger charge is -2.22. The van der Waals surface area contributed by atoms with Gasteiger partial charge in [-0.3, -0.25) is 4.79 Å². The number of carboxylic acid groups (broad SMARTS) is 1. The van der Waals surface area contributed by atoms with Crippen LogP contribution in [0.2, 0.25) is 0 Å². The number of carboxylic acids is 1. The van der Waals surface area contributed by atoms with E-state index in [2.05, 4.69) is 0 Å². The summed E-state index contributed by atoms with van der Waals surface area (Å²) < 4.78 is 4.99. The number of ether oxygens (including phenoxy) is 1. The third-order valence-electron chi connectivity index (χ3n) is 2.19. The molecule has 0 fully saturated rings. The van der Waals surface area contributed by atoms with Crippen LogP contribution in [0.4, 0.5) is 4.79 Å². The molecule has 0 aliphatic heterocycles. The Hall–Kier alpha value is -1.30. The van der Waals surface area contributed by atoms with Gasteiger partial charge in [0.2, 0.25) is 0 Å². The normalized spacial score (nSPS) is 11.2. The number of amides is 1. The van der Waals surface area contributed by atoms with E-state index in [1.807, 2.05) is 20.8 Å². The Bertz CT molecular complexity index is 313. The predicted octanol–water partition coefficient (Wildman–Crippen LogP) is 2.89. The van der Waals surface area contributed by atoms with Crippen molar-refractivity contribution in [2.75, 3.05) is 14.1 Å². The first-order valence-corrected chi connectivity index (χ1v) is 7.09. The minimum Gasteiger partial charge on any atom is -0.481 e. The van der Waals surface area contributed by atoms with Gasteiger partial charge in [-0.2, -0.15) is 0 Å². The van der Waals surface area contributed by atoms with E-state index in [1.54, 1.807) is 27.9 Å². The quantitative estimate of drug-likeness (QED) is 0.763. The molecule has 0 radical (unpaired) electrons. The molecule has 0 aromatic heterocycles. The Labute approximate surface area is 128 Å². The maximum atomic E-state index is 10.9. The average Bonchev–Trinajstić information content (AvgIpc) is 2.21. The van der Waals surface area contributed by atoms with Crippen LogP contribution in [0.3, 0.4) is 0 Å². The van der Waals surface area contributed by atoms with Gasteiger partial charge in [0.1, 0.15) is 5.60 Å². The van der Waals surface area contributed by atoms with Crippen molar-refractivity contribution >= 4 is 12.1 Å². The molecule has 0 aromatic carbocycles. The SMILES string of the molecule is CC(C)(O)CCCCC(=O)O.CN(C)C(=O)OC(C)(C)C. The van der Waals surface area contributed by atoms with Crippen LogP contribution in [0, 0.1) is 0 Å². The van der Waals surface area contributed by atoms with E-state index < -0.39 is 11.6 Å². The maximum Gasteiger partial charge on any atom is 0.409 e. The van der Waals surface area contributed by atoms with Crippen LogP contribution in [0.5, 0.6) is 0 Å². The first-order valence-electron chi connectivity index (χ1n) is 7.09. The number of hydrogen-bond acceptors (Lipinski definition) is 4. The van der Waals surface area contributed by atoms with E-state index in [4.69, 9.17) is 9.84 Å². The Balaban J connectivity index is 0. The molecule has 0 rings (SSSR count). The highest BCUT2D eigenvalue weighted by Crippen LogP contribution is 2.12. The van der Waals surface area contributed by atoms with Crippen LogP contribution in [0.25, 0.3) is 0 Å². The zero-order valence-electron chi connectivity index (χ0n) is 14.4. The fraction of sp³-hybridized carbons (Fsp3) is 0.867. The van der Waals surface area contributed by atoms with Crippen LogP contribution >= 0.6 is 0 Å². The summed E-state index contributed by atoms with van der Waals surface area (Å²) in [5.74, 6) is -0.763. The maximum absolute atomic E-state index is 10.9. The summed E-state index contributed by atoms with van der Waals surface area (Å²) in [6.07, 6.45) is 2.00. The summed E-state index contributed by atoms with van der Waals surface area (Å²) in [6.45, 7) is 8.98. The van der Waals surface area contributed by atoms with Gasteiger partial charge in [0, 0.05) is 20.5 Å². The summed E-state index contributed by atoms with van der Waals surface area (Å²) in [4.78, 5) is 22.3. The molecule has 6 nitrogen and oxygen atoms in total. The molecule has 0 saturated heterocycles. The highest BCUT2D eigenvalue weighted by Gasteiger charge is 2.16. The van der Waals surface area contributed by atoms with Crippen molar-refractivity contribution in [3.05, 3.63) is 0 Å². The molecule has 0 spiro atoms. The van der Waals surface area contributed by atoms with Gasteiger partial charge in [0.05, 0.1) is 5.60 Å². The minimum atomic E-state index is -0.763. The average molecular weight is 305 g/mol. The number of hydrogen-bond donors (Lipinski definition) is 2. The lowest BCUT2D eigenvalue weighted by molar-refractivity contribution is -0.137. The fourth-order valence-corrected chi connectivity index (χ4v) is 1.19. The molecule has 2 N–H and O–H groups in total. The van der Waals surface area contributed by atoms with Crippen LogP contribution in [-0.2, 0) is 9.53 Å². The monoisotopic (exact) mass is 305 g/mol. The molecule has 6 heteroatoms. The van der Waals surface area contributed by atoms with Gasteiger partial charge in [0.25, 0.3) is 0 Å². The van der Waals surface area contributed by atoms with Gasteiger partial charge in [0.15, 0.2) is 0 Å². The Morgan fingerprint density at radius 3 is 1.76 bits per heavy atom. The highest BCUT2D eigenvalue weighted by molar-refractivity contribution is 5.67. The van der Waals surface area contributed by atoms with E-state index in [9.17, 15) is 14.7 Å². The second kappa shape index (κ2) is 9.60. The molecule has 21 heavy (non-hydrogen) atoms. The van der Waals surface area contributed by atoms with E-state index in [0.717, 1.165) is 6.42 Å². The van der Waals surface area contributed by atoms with Crippen LogP contribution in [-0.4, -0.2) is 52.5 Å². The molecule has 126 valence electrons. The van der Waals surface area contributed by atoms with E-state index in [1.165, 1.54) is 4.90 Å². The van der Waals surface area contributed by atoms with E-state index >= 15 is 0 Å². The highest BCUT2D eigenvalue weighted by atomic mass is 16.6. The zero-order valence-corrected chi connectivity index (χ0v) is 14.4. The van der Waals surface area contributed by atoms with E-state index in [0.29, 0.717) is 12.8 Å². The zero-order chi connectivity index (χ0) is 17.3. The molecule has 1 amide bonds. The number of unbranched alkanes of at least 4 members (excludes halogenated alkanes) is 1. The van der Waals surface area contributed by atoms with Gasteiger partial charge < -0.3 is 19.8 Å². The van der Waals surface area contributed by atoms with Crippen LogP contribution in [0.15, 0.2) is 0 Å². The minimum absolute atomic E-state index is 0.204. The van der Waals surface area contributed by atoms with Gasteiger partial charge in [-0.1, -0.05) is 6.42 Å². The third kappa shape index (κ3) is 21.2. The molecule has 0 unspecified atom stereocenters. The lowest BCUT2D eigenvalue weighted by atomic mass is 10.0. The Kier molecular flexibility index (Phi) is 10.1. The molecule has 0 heterocycles. The number of aliphatic carboxylic acids is 1. The summed E-state index contributed by atoms with van der Waals surface area (Å²) >= 11 is 0. The van der Waals surface area contributed by atoms with Crippen molar-refractivity contribution in [2.45, 2.75) is 71.5 Å². The molecular weight excluding hydrogens is 274 g/mol. The Morgan fingerprint density at radius 1 is 1.05 bits per heavy atom. The molecule has 0 aromatic rings. The van der Waals surface area contributed by atoms with Crippen LogP contribution in [0.1, 0.15) is 60.3 Å². The second-order valence-electron chi connectivity index (χ2n) is 6.79. The fourth-order valence-electron chi connectivity index (χ4n) is 1.19. The molecule has 0 bridgehead atoms. The van der Waals surface area contributed by atoms with Crippen molar-refractivity contribution in [1.82, 2.24) is 4.90 Å². The van der Waals surface area contributed by atoms with Gasteiger partial charge in [-0.15, -0.1) is 0 Å². The first-order chi connectivity index (χ1) is 9.24. The van der Waals surface area contributed by atoms with Crippen molar-refractivity contribution in [1.29, 1.82) is 0 Å². The molecular formula is C15H31NO5. The number of aliphatic hydroxyl groups is 1. The topological polar surface area (TPSA) is 87.1 Å². The lowest BCUT2D eigenvalue weighted by Crippen LogP contribution is -2.31.